The van der Waals surface area contributed by atoms with Crippen LogP contribution in [-0.2, 0) is 12.6 Å². The number of carbonyl (C=O) groups is 2. The van der Waals surface area contributed by atoms with Crippen LogP contribution in [0.2, 0.25) is 5.02 Å². The Morgan fingerprint density at radius 3 is 2.59 bits per heavy atom. The summed E-state index contributed by atoms with van der Waals surface area (Å²) in [5.41, 5.74) is 6.04. The highest BCUT2D eigenvalue weighted by Crippen LogP contribution is 2.37. The lowest BCUT2D eigenvalue weighted by Gasteiger charge is -2.32. The number of amides is 1. The Balaban J connectivity index is 0.00000324. The summed E-state index contributed by atoms with van der Waals surface area (Å²) in [6.45, 7) is 3.65. The first-order chi connectivity index (χ1) is 15.5. The Labute approximate surface area is 204 Å². The van der Waals surface area contributed by atoms with Crippen molar-refractivity contribution in [2.45, 2.75) is 32.5 Å². The number of hydrogen-bond acceptors (Lipinski definition) is 6. The Hall–Kier alpha value is -3.12. The lowest BCUT2D eigenvalue weighted by atomic mass is 10.0. The first kappa shape index (κ1) is 25.5. The maximum Gasteiger partial charge on any atom is 0.417 e. The molecule has 0 saturated heterocycles. The van der Waals surface area contributed by atoms with E-state index in [2.05, 4.69) is 15.1 Å². The normalized spacial score (nSPS) is 15.6. The number of nitrogens with two attached hydrogens (primary N) is 1. The van der Waals surface area contributed by atoms with Gasteiger partial charge in [0.15, 0.2) is 5.78 Å². The van der Waals surface area contributed by atoms with E-state index in [4.69, 9.17) is 17.3 Å². The molecule has 1 aromatic carbocycles. The number of aryl methyl sites for hydroxylation is 1. The lowest BCUT2D eigenvalue weighted by Crippen LogP contribution is -2.43. The fraction of sp³-hybridized carbons (Fsp3) is 0.286. The Morgan fingerprint density at radius 2 is 1.97 bits per heavy atom. The van der Waals surface area contributed by atoms with Gasteiger partial charge in [-0.15, -0.1) is 0 Å². The second-order valence-electron chi connectivity index (χ2n) is 7.74. The maximum absolute atomic E-state index is 13.3. The Morgan fingerprint density at radius 1 is 1.26 bits per heavy atom. The number of fused-ring (bicyclic) bond motifs is 1. The van der Waals surface area contributed by atoms with Gasteiger partial charge in [0, 0.05) is 29.9 Å². The number of nitrogen functional groups attached to an aromatic ring is 1. The zero-order valence-corrected chi connectivity index (χ0v) is 19.8. The van der Waals surface area contributed by atoms with Gasteiger partial charge < -0.3 is 10.6 Å². The van der Waals surface area contributed by atoms with Crippen LogP contribution in [0.4, 0.5) is 24.8 Å². The van der Waals surface area contributed by atoms with Crippen LogP contribution in [0.5, 0.6) is 0 Å². The van der Waals surface area contributed by atoms with Crippen molar-refractivity contribution >= 4 is 48.4 Å². The number of nitrogens with zero attached hydrogens (tertiary/aromatic N) is 5. The summed E-state index contributed by atoms with van der Waals surface area (Å²) >= 11 is 5.85. The fourth-order valence-electron chi connectivity index (χ4n) is 3.77. The van der Waals surface area contributed by atoms with E-state index in [0.717, 1.165) is 12.1 Å². The predicted octanol–water partition coefficient (Wildman–Crippen LogP) is 4.00. The SMILES string of the molecule is Cc1cc(C(=O)Cc2cnn3c2C(=O)N(c2ccc(C(F)(F)F)c(Cl)c2)C[C@@H]3C)nc(N)n1.S. The molecule has 34 heavy (non-hydrogen) atoms. The number of carbonyl (C=O) groups excluding carboxylic acids is 2. The molecule has 0 spiro atoms. The van der Waals surface area contributed by atoms with Crippen LogP contribution in [0.3, 0.4) is 0 Å². The monoisotopic (exact) mass is 512 g/mol. The van der Waals surface area contributed by atoms with Gasteiger partial charge in [-0.25, -0.2) is 9.97 Å². The summed E-state index contributed by atoms with van der Waals surface area (Å²) < 4.78 is 40.7. The first-order valence-corrected chi connectivity index (χ1v) is 10.2. The van der Waals surface area contributed by atoms with Crippen molar-refractivity contribution in [2.75, 3.05) is 17.2 Å². The highest BCUT2D eigenvalue weighted by Gasteiger charge is 2.36. The minimum absolute atomic E-state index is 0. The number of alkyl halides is 3. The van der Waals surface area contributed by atoms with Crippen molar-refractivity contribution in [3.63, 3.8) is 0 Å². The van der Waals surface area contributed by atoms with E-state index in [-0.39, 0.29) is 61.3 Å². The molecule has 8 nitrogen and oxygen atoms in total. The Kier molecular flexibility index (Phi) is 6.94. The number of benzene rings is 1. The van der Waals surface area contributed by atoms with Crippen molar-refractivity contribution in [3.8, 4) is 0 Å². The maximum atomic E-state index is 13.3. The van der Waals surface area contributed by atoms with Crippen molar-refractivity contribution in [3.05, 3.63) is 63.7 Å². The number of anilines is 2. The van der Waals surface area contributed by atoms with Crippen molar-refractivity contribution in [1.82, 2.24) is 19.7 Å². The van der Waals surface area contributed by atoms with Crippen molar-refractivity contribution in [2.24, 2.45) is 0 Å². The van der Waals surface area contributed by atoms with Gasteiger partial charge in [-0.05, 0) is 38.1 Å². The quantitative estimate of drug-likeness (QED) is 0.530. The van der Waals surface area contributed by atoms with Crippen LogP contribution < -0.4 is 10.6 Å². The summed E-state index contributed by atoms with van der Waals surface area (Å²) in [7, 11) is 0. The molecule has 1 aliphatic rings. The van der Waals surface area contributed by atoms with Crippen molar-refractivity contribution < 1.29 is 22.8 Å². The molecule has 0 unspecified atom stereocenters. The van der Waals surface area contributed by atoms with Gasteiger partial charge >= 0.3 is 6.18 Å². The smallest absolute Gasteiger partial charge is 0.368 e. The van der Waals surface area contributed by atoms with E-state index in [1.54, 1.807) is 6.92 Å². The minimum atomic E-state index is -4.61. The average molecular weight is 513 g/mol. The van der Waals surface area contributed by atoms with E-state index >= 15 is 0 Å². The van der Waals surface area contributed by atoms with E-state index in [1.165, 1.54) is 27.9 Å². The Bertz CT molecular complexity index is 1260. The molecule has 0 aliphatic carbocycles. The zero-order chi connectivity index (χ0) is 24.1. The molecule has 0 fully saturated rings. The third-order valence-electron chi connectivity index (χ3n) is 5.26. The number of hydrogen-bond donors (Lipinski definition) is 1. The lowest BCUT2D eigenvalue weighted by molar-refractivity contribution is -0.137. The fourth-order valence-corrected chi connectivity index (χ4v) is 4.05. The summed E-state index contributed by atoms with van der Waals surface area (Å²) in [6, 6.07) is 4.35. The second kappa shape index (κ2) is 9.26. The molecule has 1 atom stereocenters. The van der Waals surface area contributed by atoms with Gasteiger partial charge in [0.1, 0.15) is 11.4 Å². The van der Waals surface area contributed by atoms with Gasteiger partial charge in [-0.3, -0.25) is 14.3 Å². The first-order valence-electron chi connectivity index (χ1n) is 9.85. The number of aromatic nitrogens is 4. The van der Waals surface area contributed by atoms with Crippen LogP contribution in [0.1, 0.15) is 50.8 Å². The predicted molar refractivity (Wildman–Crippen MR) is 125 cm³/mol. The topological polar surface area (TPSA) is 107 Å². The summed E-state index contributed by atoms with van der Waals surface area (Å²) in [4.78, 5) is 35.3. The van der Waals surface area contributed by atoms with Crippen LogP contribution in [0.25, 0.3) is 0 Å². The van der Waals surface area contributed by atoms with Gasteiger partial charge in [0.25, 0.3) is 5.91 Å². The van der Waals surface area contributed by atoms with E-state index in [0.29, 0.717) is 11.3 Å². The largest absolute Gasteiger partial charge is 0.417 e. The highest BCUT2D eigenvalue weighted by atomic mass is 35.5. The molecule has 2 N–H and O–H groups in total. The molecular weight excluding hydrogens is 493 g/mol. The molecule has 4 rings (SSSR count). The summed E-state index contributed by atoms with van der Waals surface area (Å²) in [5.74, 6) is -0.911. The molecule has 3 aromatic rings. The molecule has 0 bridgehead atoms. The van der Waals surface area contributed by atoms with Gasteiger partial charge in [-0.2, -0.15) is 31.8 Å². The molecular formula is C21H20ClF3N6O2S. The summed E-state index contributed by atoms with van der Waals surface area (Å²) in [6.07, 6.45) is -3.34. The molecule has 0 saturated carbocycles. The van der Waals surface area contributed by atoms with Crippen LogP contribution in [0, 0.1) is 6.92 Å². The summed E-state index contributed by atoms with van der Waals surface area (Å²) in [5, 5.41) is 3.74. The zero-order valence-electron chi connectivity index (χ0n) is 18.0. The van der Waals surface area contributed by atoms with Crippen molar-refractivity contribution in [1.29, 1.82) is 0 Å². The van der Waals surface area contributed by atoms with Gasteiger partial charge in [0.05, 0.1) is 22.8 Å². The number of Topliss-reactive ketones (excluding diaryl/α,β-unsaturated/α-hetero) is 1. The number of halogens is 4. The van der Waals surface area contributed by atoms with E-state index < -0.39 is 22.7 Å². The van der Waals surface area contributed by atoms with Crippen LogP contribution in [-0.4, -0.2) is 38.0 Å². The minimum Gasteiger partial charge on any atom is -0.368 e. The molecule has 13 heteroatoms. The van der Waals surface area contributed by atoms with Crippen LogP contribution in [0.15, 0.2) is 30.5 Å². The molecule has 0 radical (unpaired) electrons. The average Bonchev–Trinajstić information content (AvgIpc) is 3.13. The number of ketones is 1. The molecule has 1 aliphatic heterocycles. The van der Waals surface area contributed by atoms with E-state index in [9.17, 15) is 22.8 Å². The highest BCUT2D eigenvalue weighted by molar-refractivity contribution is 7.59. The second-order valence-corrected chi connectivity index (χ2v) is 8.15. The van der Waals surface area contributed by atoms with Gasteiger partial charge in [-0.1, -0.05) is 11.6 Å². The molecule has 3 heterocycles. The van der Waals surface area contributed by atoms with Gasteiger partial charge in [0.2, 0.25) is 5.95 Å². The molecule has 1 amide bonds. The third-order valence-corrected chi connectivity index (χ3v) is 5.57. The standard InChI is InChI=1S/C21H18ClF3N6O2.H2S/c1-10-5-16(29-20(26)28-10)17(32)6-12-8-27-31-11(2)9-30(19(33)18(12)31)13-3-4-14(15(22)7-13)21(23,24)25;/h3-5,7-8,11H,6,9H2,1-2H3,(H2,26,28,29);1H2/t11-;/m0./s1. The molecule has 2 aromatic heterocycles. The number of rotatable bonds is 4. The third kappa shape index (κ3) is 4.73. The van der Waals surface area contributed by atoms with E-state index in [1.807, 2.05) is 6.92 Å². The molecule has 180 valence electrons. The van der Waals surface area contributed by atoms with Crippen LogP contribution >= 0.6 is 25.1 Å².